The summed E-state index contributed by atoms with van der Waals surface area (Å²) in [6.07, 6.45) is 0. The maximum atomic E-state index is 12.3. The molecule has 0 saturated heterocycles. The molecule has 0 radical (unpaired) electrons. The predicted molar refractivity (Wildman–Crippen MR) is 101 cm³/mol. The molecule has 6 heteroatoms. The van der Waals surface area contributed by atoms with Crippen LogP contribution in [0.4, 0.5) is 0 Å². The maximum Gasteiger partial charge on any atom is 0.267 e. The van der Waals surface area contributed by atoms with E-state index in [1.54, 1.807) is 11.3 Å². The number of pyridine rings is 1. The van der Waals surface area contributed by atoms with Crippen LogP contribution in [-0.4, -0.2) is 4.98 Å². The summed E-state index contributed by atoms with van der Waals surface area (Å²) in [6.45, 7) is 1.99. The summed E-state index contributed by atoms with van der Waals surface area (Å²) in [4.78, 5) is 17.1. The van der Waals surface area contributed by atoms with Gasteiger partial charge < -0.3 is 4.98 Å². The third kappa shape index (κ3) is 3.18. The van der Waals surface area contributed by atoms with Crippen molar-refractivity contribution < 1.29 is 0 Å². The van der Waals surface area contributed by atoms with Crippen LogP contribution in [0.25, 0.3) is 21.7 Å². The number of aromatic nitrogens is 1. The third-order valence-corrected chi connectivity index (χ3v) is 6.12. The predicted octanol–water partition coefficient (Wildman–Crippen LogP) is 5.48. The van der Waals surface area contributed by atoms with E-state index in [0.29, 0.717) is 11.3 Å². The molecule has 0 saturated carbocycles. The van der Waals surface area contributed by atoms with Crippen LogP contribution in [0.2, 0.25) is 0 Å². The molecule has 114 valence electrons. The molecule has 1 aromatic carbocycles. The van der Waals surface area contributed by atoms with Gasteiger partial charge in [-0.2, -0.15) is 5.26 Å². The van der Waals surface area contributed by atoms with Gasteiger partial charge in [0.25, 0.3) is 5.56 Å². The lowest BCUT2D eigenvalue weighted by Gasteiger charge is -2.06. The molecule has 0 bridgehead atoms. The number of thiophene rings is 1. The summed E-state index contributed by atoms with van der Waals surface area (Å²) < 4.78 is 1.95. The van der Waals surface area contributed by atoms with E-state index < -0.39 is 0 Å². The molecule has 0 atom stereocenters. The zero-order valence-electron chi connectivity index (χ0n) is 12.0. The number of benzene rings is 1. The molecule has 3 rings (SSSR count). The zero-order chi connectivity index (χ0) is 16.6. The van der Waals surface area contributed by atoms with Crippen LogP contribution >= 0.6 is 43.2 Å². The second-order valence-electron chi connectivity index (χ2n) is 4.93. The van der Waals surface area contributed by atoms with Gasteiger partial charge in [-0.15, -0.1) is 11.3 Å². The first-order chi connectivity index (χ1) is 11.0. The minimum atomic E-state index is -0.370. The molecule has 0 amide bonds. The molecular weight excluding hydrogens is 440 g/mol. The Morgan fingerprint density at radius 1 is 1.17 bits per heavy atom. The van der Waals surface area contributed by atoms with E-state index in [1.807, 2.05) is 49.4 Å². The first kappa shape index (κ1) is 16.2. The fourth-order valence-corrected chi connectivity index (χ4v) is 4.06. The lowest BCUT2D eigenvalue weighted by molar-refractivity contribution is 1.22. The van der Waals surface area contributed by atoms with Crippen LogP contribution in [0.3, 0.4) is 0 Å². The highest BCUT2D eigenvalue weighted by atomic mass is 79.9. The van der Waals surface area contributed by atoms with Crippen molar-refractivity contribution in [2.45, 2.75) is 6.92 Å². The highest BCUT2D eigenvalue weighted by Gasteiger charge is 2.15. The van der Waals surface area contributed by atoms with Gasteiger partial charge in [0.15, 0.2) is 0 Å². The Hall–Kier alpha value is -1.68. The van der Waals surface area contributed by atoms with Crippen LogP contribution in [0.15, 0.2) is 50.1 Å². The van der Waals surface area contributed by atoms with Gasteiger partial charge in [0.1, 0.15) is 11.6 Å². The summed E-state index contributed by atoms with van der Waals surface area (Å²) in [6, 6.07) is 13.5. The maximum absolute atomic E-state index is 12.3. The third-order valence-electron chi connectivity index (χ3n) is 3.42. The van der Waals surface area contributed by atoms with E-state index in [9.17, 15) is 10.1 Å². The summed E-state index contributed by atoms with van der Waals surface area (Å²) >= 11 is 8.44. The molecule has 23 heavy (non-hydrogen) atoms. The van der Waals surface area contributed by atoms with Gasteiger partial charge in [0, 0.05) is 30.0 Å². The molecule has 2 heterocycles. The fourth-order valence-electron chi connectivity index (χ4n) is 2.24. The molecule has 3 aromatic rings. The standard InChI is InChI=1S/C17H10Br2N2OS/c1-9-14(19)7-16(23-9)12-6-15(21-17(22)13(12)8-20)10-2-4-11(18)5-3-10/h2-7H,1H3,(H,21,22). The quantitative estimate of drug-likeness (QED) is 0.563. The van der Waals surface area contributed by atoms with Crippen LogP contribution in [0.1, 0.15) is 10.4 Å². The zero-order valence-corrected chi connectivity index (χ0v) is 16.0. The molecule has 0 aliphatic heterocycles. The molecule has 1 N–H and O–H groups in total. The minimum Gasteiger partial charge on any atom is -0.321 e. The van der Waals surface area contributed by atoms with Crippen molar-refractivity contribution in [1.29, 1.82) is 5.26 Å². The number of hydrogen-bond acceptors (Lipinski definition) is 3. The van der Waals surface area contributed by atoms with Crippen molar-refractivity contribution in [1.82, 2.24) is 4.98 Å². The van der Waals surface area contributed by atoms with Crippen LogP contribution in [0.5, 0.6) is 0 Å². The number of hydrogen-bond donors (Lipinski definition) is 1. The Bertz CT molecular complexity index is 962. The highest BCUT2D eigenvalue weighted by molar-refractivity contribution is 9.10. The summed E-state index contributed by atoms with van der Waals surface area (Å²) in [5.41, 5.74) is 2.01. The Balaban J connectivity index is 2.24. The van der Waals surface area contributed by atoms with Crippen molar-refractivity contribution in [3.8, 4) is 27.8 Å². The largest absolute Gasteiger partial charge is 0.321 e. The molecule has 2 aromatic heterocycles. The van der Waals surface area contributed by atoms with Crippen molar-refractivity contribution in [3.63, 3.8) is 0 Å². The number of aryl methyl sites for hydroxylation is 1. The van der Waals surface area contributed by atoms with E-state index in [0.717, 1.165) is 24.3 Å². The molecule has 0 fully saturated rings. The summed E-state index contributed by atoms with van der Waals surface area (Å²) in [5.74, 6) is 0. The second kappa shape index (κ2) is 6.44. The normalized spacial score (nSPS) is 10.5. The SMILES string of the molecule is Cc1sc(-c2cc(-c3ccc(Br)cc3)[nH]c(=O)c2C#N)cc1Br. The number of aromatic amines is 1. The Morgan fingerprint density at radius 2 is 1.87 bits per heavy atom. The van der Waals surface area contributed by atoms with E-state index in [4.69, 9.17) is 0 Å². The first-order valence-electron chi connectivity index (χ1n) is 6.69. The van der Waals surface area contributed by atoms with E-state index >= 15 is 0 Å². The summed E-state index contributed by atoms with van der Waals surface area (Å²) in [7, 11) is 0. The monoisotopic (exact) mass is 448 g/mol. The summed E-state index contributed by atoms with van der Waals surface area (Å²) in [5, 5.41) is 9.35. The number of nitriles is 1. The average molecular weight is 450 g/mol. The average Bonchev–Trinajstić information content (AvgIpc) is 2.86. The van der Waals surface area contributed by atoms with Crippen LogP contribution in [-0.2, 0) is 0 Å². The smallest absolute Gasteiger partial charge is 0.267 e. The molecule has 0 aliphatic rings. The van der Waals surface area contributed by atoms with Crippen LogP contribution < -0.4 is 5.56 Å². The van der Waals surface area contributed by atoms with Crippen molar-refractivity contribution >= 4 is 43.2 Å². The van der Waals surface area contributed by atoms with Gasteiger partial charge in [-0.1, -0.05) is 28.1 Å². The minimum absolute atomic E-state index is 0.139. The van der Waals surface area contributed by atoms with Crippen molar-refractivity contribution in [2.24, 2.45) is 0 Å². The number of nitrogens with one attached hydrogen (secondary N) is 1. The van der Waals surface area contributed by atoms with Crippen molar-refractivity contribution in [2.75, 3.05) is 0 Å². The number of H-pyrrole nitrogens is 1. The second-order valence-corrected chi connectivity index (χ2v) is 7.96. The van der Waals surface area contributed by atoms with E-state index in [2.05, 4.69) is 36.8 Å². The molecule has 0 spiro atoms. The lowest BCUT2D eigenvalue weighted by Crippen LogP contribution is -2.12. The number of nitrogens with zero attached hydrogens (tertiary/aromatic N) is 1. The van der Waals surface area contributed by atoms with Gasteiger partial charge in [-0.3, -0.25) is 4.79 Å². The molecule has 0 unspecified atom stereocenters. The number of halogens is 2. The molecule has 3 nitrogen and oxygen atoms in total. The Labute approximate surface area is 153 Å². The fraction of sp³-hybridized carbons (Fsp3) is 0.0588. The lowest BCUT2D eigenvalue weighted by atomic mass is 10.0. The molecule has 0 aliphatic carbocycles. The Kier molecular flexibility index (Phi) is 4.53. The van der Waals surface area contributed by atoms with Gasteiger partial charge >= 0.3 is 0 Å². The van der Waals surface area contributed by atoms with Gasteiger partial charge in [0.05, 0.1) is 0 Å². The van der Waals surface area contributed by atoms with Crippen molar-refractivity contribution in [3.05, 3.63) is 66.1 Å². The number of rotatable bonds is 2. The Morgan fingerprint density at radius 3 is 2.43 bits per heavy atom. The first-order valence-corrected chi connectivity index (χ1v) is 9.09. The van der Waals surface area contributed by atoms with Gasteiger partial charge in [-0.05, 0) is 52.7 Å². The highest BCUT2D eigenvalue weighted by Crippen LogP contribution is 2.36. The van der Waals surface area contributed by atoms with Gasteiger partial charge in [0.2, 0.25) is 0 Å². The molecular formula is C17H10Br2N2OS. The van der Waals surface area contributed by atoms with Gasteiger partial charge in [-0.25, -0.2) is 0 Å². The van der Waals surface area contributed by atoms with Crippen LogP contribution in [0, 0.1) is 18.3 Å². The van der Waals surface area contributed by atoms with E-state index in [1.165, 1.54) is 0 Å². The van der Waals surface area contributed by atoms with E-state index in [-0.39, 0.29) is 11.1 Å². The topological polar surface area (TPSA) is 56.6 Å².